The van der Waals surface area contributed by atoms with E-state index in [1.807, 2.05) is 26.0 Å². The number of carbonyl (C=O) groups excluding carboxylic acids is 1. The number of hydrogen-bond acceptors (Lipinski definition) is 3. The lowest BCUT2D eigenvalue weighted by Crippen LogP contribution is -2.31. The van der Waals surface area contributed by atoms with E-state index < -0.39 is 0 Å². The van der Waals surface area contributed by atoms with Crippen LogP contribution in [0.4, 0.5) is 0 Å². The van der Waals surface area contributed by atoms with Crippen LogP contribution in [-0.2, 0) is 0 Å². The number of nitrogen functional groups attached to an aromatic ring is 1. The fraction of sp³-hybridized carbons (Fsp3) is 0.300. The van der Waals surface area contributed by atoms with Gasteiger partial charge in [0.25, 0.3) is 5.91 Å². The quantitative estimate of drug-likeness (QED) is 0.418. The van der Waals surface area contributed by atoms with Gasteiger partial charge in [-0.15, -0.1) is 0 Å². The Kier molecular flexibility index (Phi) is 3.09. The van der Waals surface area contributed by atoms with Gasteiger partial charge in [-0.3, -0.25) is 10.2 Å². The van der Waals surface area contributed by atoms with Gasteiger partial charge in [0.15, 0.2) is 0 Å². The lowest BCUT2D eigenvalue weighted by atomic mass is 10.0. The van der Waals surface area contributed by atoms with Crippen molar-refractivity contribution in [2.24, 2.45) is 5.84 Å². The molecule has 1 rings (SSSR count). The molecular formula is C10H14N2O2. The van der Waals surface area contributed by atoms with Gasteiger partial charge in [-0.1, -0.05) is 12.1 Å². The van der Waals surface area contributed by atoms with Crippen LogP contribution < -0.4 is 16.0 Å². The SMILES string of the molecule is COc1c(C)ccc(C)c1C(=O)NN. The second kappa shape index (κ2) is 4.11. The molecule has 0 aliphatic rings. The number of nitrogens with two attached hydrogens (primary N) is 1. The molecular weight excluding hydrogens is 180 g/mol. The Morgan fingerprint density at radius 1 is 1.36 bits per heavy atom. The lowest BCUT2D eigenvalue weighted by molar-refractivity contribution is 0.0950. The molecule has 4 nitrogen and oxygen atoms in total. The number of hydrogen-bond donors (Lipinski definition) is 2. The van der Waals surface area contributed by atoms with Crippen molar-refractivity contribution in [2.45, 2.75) is 13.8 Å². The first-order valence-corrected chi connectivity index (χ1v) is 4.27. The zero-order valence-electron chi connectivity index (χ0n) is 8.55. The van der Waals surface area contributed by atoms with Crippen LogP contribution in [0.25, 0.3) is 0 Å². The van der Waals surface area contributed by atoms with Crippen molar-refractivity contribution in [3.05, 3.63) is 28.8 Å². The number of aryl methyl sites for hydroxylation is 2. The number of methoxy groups -OCH3 is 1. The molecule has 0 spiro atoms. The lowest BCUT2D eigenvalue weighted by Gasteiger charge is -2.12. The van der Waals surface area contributed by atoms with Crippen molar-refractivity contribution in [1.82, 2.24) is 5.43 Å². The summed E-state index contributed by atoms with van der Waals surface area (Å²) in [6.07, 6.45) is 0. The minimum atomic E-state index is -0.331. The zero-order chi connectivity index (χ0) is 10.7. The monoisotopic (exact) mass is 194 g/mol. The Morgan fingerprint density at radius 2 is 1.93 bits per heavy atom. The van der Waals surface area contributed by atoms with Gasteiger partial charge in [0, 0.05) is 0 Å². The van der Waals surface area contributed by atoms with E-state index in [4.69, 9.17) is 10.6 Å². The largest absolute Gasteiger partial charge is 0.496 e. The van der Waals surface area contributed by atoms with Gasteiger partial charge in [-0.05, 0) is 25.0 Å². The van der Waals surface area contributed by atoms with Crippen LogP contribution in [0.5, 0.6) is 5.75 Å². The maximum atomic E-state index is 11.5. The summed E-state index contributed by atoms with van der Waals surface area (Å²) in [4.78, 5) is 11.5. The van der Waals surface area contributed by atoms with Crippen LogP contribution in [0, 0.1) is 13.8 Å². The molecule has 0 aliphatic carbocycles. The van der Waals surface area contributed by atoms with Crippen LogP contribution in [-0.4, -0.2) is 13.0 Å². The van der Waals surface area contributed by atoms with E-state index in [2.05, 4.69) is 5.43 Å². The highest BCUT2D eigenvalue weighted by molar-refractivity contribution is 5.98. The van der Waals surface area contributed by atoms with E-state index in [1.165, 1.54) is 7.11 Å². The molecule has 0 aromatic heterocycles. The molecule has 0 unspecified atom stereocenters. The van der Waals surface area contributed by atoms with E-state index in [9.17, 15) is 4.79 Å². The zero-order valence-corrected chi connectivity index (χ0v) is 8.55. The fourth-order valence-corrected chi connectivity index (χ4v) is 1.40. The summed E-state index contributed by atoms with van der Waals surface area (Å²) < 4.78 is 5.16. The van der Waals surface area contributed by atoms with E-state index in [1.54, 1.807) is 0 Å². The first-order valence-electron chi connectivity index (χ1n) is 4.27. The number of rotatable bonds is 2. The minimum Gasteiger partial charge on any atom is -0.496 e. The Balaban J connectivity index is 3.37. The predicted molar refractivity (Wildman–Crippen MR) is 54.1 cm³/mol. The van der Waals surface area contributed by atoms with E-state index in [-0.39, 0.29) is 5.91 Å². The van der Waals surface area contributed by atoms with Crippen LogP contribution in [0.1, 0.15) is 21.5 Å². The molecule has 0 saturated heterocycles. The maximum absolute atomic E-state index is 11.5. The van der Waals surface area contributed by atoms with Gasteiger partial charge in [0.1, 0.15) is 5.75 Å². The number of carbonyl (C=O) groups is 1. The van der Waals surface area contributed by atoms with Gasteiger partial charge in [0.05, 0.1) is 12.7 Å². The average Bonchev–Trinajstić information content (AvgIpc) is 2.19. The maximum Gasteiger partial charge on any atom is 0.269 e. The third-order valence-corrected chi connectivity index (χ3v) is 2.13. The van der Waals surface area contributed by atoms with Crippen molar-refractivity contribution in [3.63, 3.8) is 0 Å². The second-order valence-electron chi connectivity index (χ2n) is 3.08. The molecule has 14 heavy (non-hydrogen) atoms. The summed E-state index contributed by atoms with van der Waals surface area (Å²) in [6.45, 7) is 3.72. The molecule has 1 aromatic carbocycles. The smallest absolute Gasteiger partial charge is 0.269 e. The van der Waals surface area contributed by atoms with Gasteiger partial charge >= 0.3 is 0 Å². The molecule has 4 heteroatoms. The third-order valence-electron chi connectivity index (χ3n) is 2.13. The molecule has 0 atom stereocenters. The number of hydrazine groups is 1. The average molecular weight is 194 g/mol. The third kappa shape index (κ3) is 1.70. The fourth-order valence-electron chi connectivity index (χ4n) is 1.40. The summed E-state index contributed by atoms with van der Waals surface area (Å²) in [5.41, 5.74) is 4.36. The Labute approximate surface area is 83.0 Å². The highest BCUT2D eigenvalue weighted by atomic mass is 16.5. The molecule has 0 radical (unpaired) electrons. The van der Waals surface area contributed by atoms with Crippen LogP contribution in [0.2, 0.25) is 0 Å². The first kappa shape index (κ1) is 10.5. The molecule has 1 amide bonds. The Bertz CT molecular complexity index is 361. The molecule has 0 saturated carbocycles. The van der Waals surface area contributed by atoms with E-state index in [0.717, 1.165) is 11.1 Å². The molecule has 1 aromatic rings. The highest BCUT2D eigenvalue weighted by Gasteiger charge is 2.15. The van der Waals surface area contributed by atoms with Crippen LogP contribution in [0.3, 0.4) is 0 Å². The summed E-state index contributed by atoms with van der Waals surface area (Å²) in [5.74, 6) is 5.34. The summed E-state index contributed by atoms with van der Waals surface area (Å²) in [7, 11) is 1.54. The Hall–Kier alpha value is -1.55. The number of ether oxygens (including phenoxy) is 1. The van der Waals surface area contributed by atoms with Crippen molar-refractivity contribution < 1.29 is 9.53 Å². The van der Waals surface area contributed by atoms with Gasteiger partial charge < -0.3 is 4.74 Å². The topological polar surface area (TPSA) is 64.3 Å². The minimum absolute atomic E-state index is 0.331. The predicted octanol–water partition coefficient (Wildman–Crippen LogP) is 0.916. The summed E-state index contributed by atoms with van der Waals surface area (Å²) in [5, 5.41) is 0. The number of benzene rings is 1. The Morgan fingerprint density at radius 3 is 2.43 bits per heavy atom. The van der Waals surface area contributed by atoms with Crippen LogP contribution >= 0.6 is 0 Å². The van der Waals surface area contributed by atoms with E-state index >= 15 is 0 Å². The molecule has 76 valence electrons. The van der Waals surface area contributed by atoms with Gasteiger partial charge in [-0.2, -0.15) is 0 Å². The molecule has 0 aliphatic heterocycles. The molecule has 0 heterocycles. The standard InChI is InChI=1S/C10H14N2O2/c1-6-4-5-7(2)9(14-3)8(6)10(13)12-11/h4-5H,11H2,1-3H3,(H,12,13). The normalized spacial score (nSPS) is 9.71. The first-order chi connectivity index (χ1) is 6.61. The summed E-state index contributed by atoms with van der Waals surface area (Å²) in [6, 6.07) is 3.77. The van der Waals surface area contributed by atoms with Crippen molar-refractivity contribution in [1.29, 1.82) is 0 Å². The van der Waals surface area contributed by atoms with Gasteiger partial charge in [0.2, 0.25) is 0 Å². The van der Waals surface area contributed by atoms with Crippen molar-refractivity contribution in [2.75, 3.05) is 7.11 Å². The number of amides is 1. The van der Waals surface area contributed by atoms with Crippen molar-refractivity contribution in [3.8, 4) is 5.75 Å². The molecule has 0 bridgehead atoms. The summed E-state index contributed by atoms with van der Waals surface area (Å²) >= 11 is 0. The van der Waals surface area contributed by atoms with E-state index in [0.29, 0.717) is 11.3 Å². The number of nitrogens with one attached hydrogen (secondary N) is 1. The molecule has 3 N–H and O–H groups in total. The molecule has 0 fully saturated rings. The van der Waals surface area contributed by atoms with Crippen LogP contribution in [0.15, 0.2) is 12.1 Å². The van der Waals surface area contributed by atoms with Crippen molar-refractivity contribution >= 4 is 5.91 Å². The van der Waals surface area contributed by atoms with Gasteiger partial charge in [-0.25, -0.2) is 5.84 Å². The highest BCUT2D eigenvalue weighted by Crippen LogP contribution is 2.25. The second-order valence-corrected chi connectivity index (χ2v) is 3.08.